The van der Waals surface area contributed by atoms with Crippen LogP contribution in [0.2, 0.25) is 0 Å². The Kier molecular flexibility index (Phi) is 5.22. The standard InChI is InChI=1S/C18H12F5NO4S/c1-29(26,27)17-12(19)6-10(7-13(17)20)15-14(8-25)28-24-16(15)9-2-4-11(5-3-9)18(21,22)23/h2-7,25H,8H2,1H3. The molecule has 0 amide bonds. The van der Waals surface area contributed by atoms with E-state index in [0.717, 1.165) is 36.4 Å². The summed E-state index contributed by atoms with van der Waals surface area (Å²) in [5.74, 6) is -2.94. The van der Waals surface area contributed by atoms with Crippen LogP contribution in [-0.4, -0.2) is 24.9 Å². The molecule has 0 radical (unpaired) electrons. The largest absolute Gasteiger partial charge is 0.416 e. The zero-order valence-corrected chi connectivity index (χ0v) is 15.4. The highest BCUT2D eigenvalue weighted by atomic mass is 32.2. The Morgan fingerprint density at radius 3 is 2.03 bits per heavy atom. The molecule has 11 heteroatoms. The van der Waals surface area contributed by atoms with Gasteiger partial charge in [0.15, 0.2) is 15.6 Å². The van der Waals surface area contributed by atoms with Gasteiger partial charge in [-0.05, 0) is 29.8 Å². The lowest BCUT2D eigenvalue weighted by atomic mass is 9.98. The van der Waals surface area contributed by atoms with Crippen molar-refractivity contribution in [3.8, 4) is 22.4 Å². The van der Waals surface area contributed by atoms with E-state index in [1.807, 2.05) is 0 Å². The normalized spacial score (nSPS) is 12.4. The van der Waals surface area contributed by atoms with Gasteiger partial charge in [0.25, 0.3) is 0 Å². The summed E-state index contributed by atoms with van der Waals surface area (Å²) in [4.78, 5) is -1.13. The van der Waals surface area contributed by atoms with E-state index in [0.29, 0.717) is 6.26 Å². The van der Waals surface area contributed by atoms with Gasteiger partial charge in [0, 0.05) is 11.8 Å². The molecule has 0 bridgehead atoms. The SMILES string of the molecule is CS(=O)(=O)c1c(F)cc(-c2c(-c3ccc(C(F)(F)F)cc3)noc2CO)cc1F. The topological polar surface area (TPSA) is 80.4 Å². The van der Waals surface area contributed by atoms with Crippen molar-refractivity contribution in [2.75, 3.05) is 6.26 Å². The summed E-state index contributed by atoms with van der Waals surface area (Å²) in [5, 5.41) is 13.1. The number of benzene rings is 2. The van der Waals surface area contributed by atoms with Crippen molar-refractivity contribution in [3.63, 3.8) is 0 Å². The minimum Gasteiger partial charge on any atom is -0.388 e. The van der Waals surface area contributed by atoms with Gasteiger partial charge in [-0.15, -0.1) is 0 Å². The van der Waals surface area contributed by atoms with Gasteiger partial charge >= 0.3 is 6.18 Å². The fourth-order valence-corrected chi connectivity index (χ4v) is 3.63. The Hall–Kier alpha value is -2.79. The number of aromatic nitrogens is 1. The number of aliphatic hydroxyl groups excluding tert-OH is 1. The molecule has 5 nitrogen and oxygen atoms in total. The van der Waals surface area contributed by atoms with Crippen molar-refractivity contribution < 1.29 is 40.0 Å². The fourth-order valence-electron chi connectivity index (χ4n) is 2.80. The van der Waals surface area contributed by atoms with E-state index < -0.39 is 44.7 Å². The third-order valence-corrected chi connectivity index (χ3v) is 5.18. The van der Waals surface area contributed by atoms with Crippen molar-refractivity contribution in [3.05, 3.63) is 59.4 Å². The average Bonchev–Trinajstić information content (AvgIpc) is 3.03. The van der Waals surface area contributed by atoms with Gasteiger partial charge < -0.3 is 9.63 Å². The Balaban J connectivity index is 2.18. The highest BCUT2D eigenvalue weighted by molar-refractivity contribution is 7.90. The number of hydrogen-bond acceptors (Lipinski definition) is 5. The van der Waals surface area contributed by atoms with Crippen molar-refractivity contribution in [1.29, 1.82) is 0 Å². The second-order valence-corrected chi connectivity index (χ2v) is 8.06. The van der Waals surface area contributed by atoms with Crippen LogP contribution in [0, 0.1) is 11.6 Å². The Labute approximate surface area is 161 Å². The van der Waals surface area contributed by atoms with Gasteiger partial charge in [0.05, 0.1) is 11.1 Å². The molecule has 0 saturated heterocycles. The van der Waals surface area contributed by atoms with Crippen LogP contribution in [0.5, 0.6) is 0 Å². The van der Waals surface area contributed by atoms with E-state index in [1.54, 1.807) is 0 Å². The molecule has 3 aromatic rings. The minimum absolute atomic E-state index is 0.0753. The fraction of sp³-hybridized carbons (Fsp3) is 0.167. The molecule has 3 rings (SSSR count). The highest BCUT2D eigenvalue weighted by Crippen LogP contribution is 2.38. The monoisotopic (exact) mass is 433 g/mol. The molecule has 0 fully saturated rings. The summed E-state index contributed by atoms with van der Waals surface area (Å²) in [5.41, 5.74) is -1.14. The molecule has 0 unspecified atom stereocenters. The molecule has 29 heavy (non-hydrogen) atoms. The maximum absolute atomic E-state index is 14.3. The second kappa shape index (κ2) is 7.23. The van der Waals surface area contributed by atoms with Gasteiger partial charge in [-0.3, -0.25) is 0 Å². The summed E-state index contributed by atoms with van der Waals surface area (Å²) in [6, 6.07) is 5.20. The zero-order chi connectivity index (χ0) is 21.6. The van der Waals surface area contributed by atoms with Crippen LogP contribution in [0.3, 0.4) is 0 Å². The Morgan fingerprint density at radius 1 is 1.03 bits per heavy atom. The molecular weight excluding hydrogens is 421 g/mol. The summed E-state index contributed by atoms with van der Waals surface area (Å²) < 4.78 is 94.9. The predicted molar refractivity (Wildman–Crippen MR) is 91.3 cm³/mol. The first kappa shape index (κ1) is 20.9. The number of hydrogen-bond donors (Lipinski definition) is 1. The summed E-state index contributed by atoms with van der Waals surface area (Å²) in [6.45, 7) is -0.722. The van der Waals surface area contributed by atoms with Crippen LogP contribution in [0.15, 0.2) is 45.8 Å². The van der Waals surface area contributed by atoms with Gasteiger partial charge in [0.1, 0.15) is 28.8 Å². The summed E-state index contributed by atoms with van der Waals surface area (Å²) in [6.07, 6.45) is -3.92. The van der Waals surface area contributed by atoms with Crippen molar-refractivity contribution in [1.82, 2.24) is 5.16 Å². The molecule has 0 aliphatic carbocycles. The van der Waals surface area contributed by atoms with Crippen LogP contribution in [0.1, 0.15) is 11.3 Å². The first-order valence-corrected chi connectivity index (χ1v) is 9.79. The maximum atomic E-state index is 14.3. The smallest absolute Gasteiger partial charge is 0.388 e. The lowest BCUT2D eigenvalue weighted by Gasteiger charge is -2.09. The van der Waals surface area contributed by atoms with Gasteiger partial charge in [-0.25, -0.2) is 17.2 Å². The lowest BCUT2D eigenvalue weighted by Crippen LogP contribution is -2.05. The van der Waals surface area contributed by atoms with E-state index >= 15 is 0 Å². The van der Waals surface area contributed by atoms with Crippen LogP contribution < -0.4 is 0 Å². The second-order valence-electron chi connectivity index (χ2n) is 6.10. The predicted octanol–water partition coefficient (Wildman–Crippen LogP) is 4.20. The van der Waals surface area contributed by atoms with Crippen molar-refractivity contribution in [2.45, 2.75) is 17.7 Å². The van der Waals surface area contributed by atoms with E-state index in [4.69, 9.17) is 4.52 Å². The molecule has 1 N–H and O–H groups in total. The summed E-state index contributed by atoms with van der Waals surface area (Å²) in [7, 11) is -4.19. The minimum atomic E-state index is -4.56. The maximum Gasteiger partial charge on any atom is 0.416 e. The first-order valence-electron chi connectivity index (χ1n) is 7.90. The lowest BCUT2D eigenvalue weighted by molar-refractivity contribution is -0.137. The van der Waals surface area contributed by atoms with Crippen LogP contribution in [-0.2, 0) is 22.6 Å². The van der Waals surface area contributed by atoms with Crippen LogP contribution >= 0.6 is 0 Å². The molecule has 0 aliphatic heterocycles. The average molecular weight is 433 g/mol. The van der Waals surface area contributed by atoms with Gasteiger partial charge in [-0.1, -0.05) is 17.3 Å². The van der Waals surface area contributed by atoms with E-state index in [1.165, 1.54) is 0 Å². The first-order chi connectivity index (χ1) is 13.4. The van der Waals surface area contributed by atoms with E-state index in [-0.39, 0.29) is 28.1 Å². The number of sulfone groups is 1. The third-order valence-electron chi connectivity index (χ3n) is 4.05. The molecule has 0 saturated carbocycles. The molecule has 0 aliphatic rings. The highest BCUT2D eigenvalue weighted by Gasteiger charge is 2.31. The molecule has 0 spiro atoms. The Bertz CT molecular complexity index is 1140. The van der Waals surface area contributed by atoms with Crippen LogP contribution in [0.4, 0.5) is 22.0 Å². The quantitative estimate of drug-likeness (QED) is 0.624. The van der Waals surface area contributed by atoms with Gasteiger partial charge in [-0.2, -0.15) is 13.2 Å². The third kappa shape index (κ3) is 4.01. The molecular formula is C18H12F5NO4S. The Morgan fingerprint density at radius 2 is 1.59 bits per heavy atom. The number of nitrogens with zero attached hydrogens (tertiary/aromatic N) is 1. The molecule has 0 atom stereocenters. The molecule has 1 heterocycles. The number of halogens is 5. The zero-order valence-electron chi connectivity index (χ0n) is 14.6. The molecule has 1 aromatic heterocycles. The van der Waals surface area contributed by atoms with E-state index in [2.05, 4.69) is 5.16 Å². The number of rotatable bonds is 4. The van der Waals surface area contributed by atoms with Gasteiger partial charge in [0.2, 0.25) is 0 Å². The summed E-state index contributed by atoms with van der Waals surface area (Å²) >= 11 is 0. The van der Waals surface area contributed by atoms with E-state index in [9.17, 15) is 35.5 Å². The van der Waals surface area contributed by atoms with Crippen LogP contribution in [0.25, 0.3) is 22.4 Å². The molecule has 2 aromatic carbocycles. The number of aliphatic hydroxyl groups is 1. The van der Waals surface area contributed by atoms with Crippen molar-refractivity contribution >= 4 is 9.84 Å². The molecule has 154 valence electrons. The number of alkyl halides is 3. The van der Waals surface area contributed by atoms with Crippen molar-refractivity contribution in [2.24, 2.45) is 0 Å².